The predicted octanol–water partition coefficient (Wildman–Crippen LogP) is 1.94. The summed E-state index contributed by atoms with van der Waals surface area (Å²) in [5.41, 5.74) is 3.66. The van der Waals surface area contributed by atoms with E-state index in [1.54, 1.807) is 6.33 Å². The first kappa shape index (κ1) is 13.1. The Morgan fingerprint density at radius 1 is 1.33 bits per heavy atom. The zero-order valence-corrected chi connectivity index (χ0v) is 11.6. The fraction of sp³-hybridized carbons (Fsp3) is 0.692. The Morgan fingerprint density at radius 3 is 2.72 bits per heavy atom. The number of nitrogens with two attached hydrogens (primary N) is 1. The van der Waals surface area contributed by atoms with Gasteiger partial charge in [0.05, 0.1) is 0 Å². The van der Waals surface area contributed by atoms with E-state index in [1.807, 2.05) is 6.92 Å². The molecule has 2 rings (SSSR count). The summed E-state index contributed by atoms with van der Waals surface area (Å²) in [5.74, 6) is 8.56. The van der Waals surface area contributed by atoms with E-state index in [9.17, 15) is 0 Å². The molecule has 1 aliphatic rings. The normalized spacial score (nSPS) is 28.3. The van der Waals surface area contributed by atoms with Gasteiger partial charge in [0, 0.05) is 18.2 Å². The van der Waals surface area contributed by atoms with E-state index in [1.165, 1.54) is 6.42 Å². The van der Waals surface area contributed by atoms with Crippen LogP contribution < -0.4 is 16.2 Å². The Bertz CT molecular complexity index is 420. The van der Waals surface area contributed by atoms with Gasteiger partial charge in [0.25, 0.3) is 0 Å². The lowest BCUT2D eigenvalue weighted by Crippen LogP contribution is -2.46. The number of aromatic nitrogens is 2. The second kappa shape index (κ2) is 5.10. The number of anilines is 2. The molecule has 0 aliphatic carbocycles. The van der Waals surface area contributed by atoms with Crippen LogP contribution >= 0.6 is 0 Å². The maximum atomic E-state index is 5.48. The number of hydrogen-bond acceptors (Lipinski definition) is 5. The van der Waals surface area contributed by atoms with Crippen LogP contribution in [0.3, 0.4) is 0 Å². The van der Waals surface area contributed by atoms with Gasteiger partial charge in [-0.3, -0.25) is 0 Å². The Morgan fingerprint density at radius 2 is 2.06 bits per heavy atom. The minimum absolute atomic E-state index is 0.500. The smallest absolute Gasteiger partial charge is 0.148 e. The molecule has 18 heavy (non-hydrogen) atoms. The van der Waals surface area contributed by atoms with Crippen LogP contribution in [0.5, 0.6) is 0 Å². The van der Waals surface area contributed by atoms with Crippen molar-refractivity contribution in [3.63, 3.8) is 0 Å². The van der Waals surface area contributed by atoms with Gasteiger partial charge in [0.1, 0.15) is 18.0 Å². The zero-order chi connectivity index (χ0) is 13.3. The number of rotatable bonds is 2. The van der Waals surface area contributed by atoms with Crippen molar-refractivity contribution in [3.05, 3.63) is 11.9 Å². The summed E-state index contributed by atoms with van der Waals surface area (Å²) in [6.45, 7) is 9.95. The first-order chi connectivity index (χ1) is 8.54. The molecule has 2 heterocycles. The summed E-state index contributed by atoms with van der Waals surface area (Å²) < 4.78 is 0. The van der Waals surface area contributed by atoms with Gasteiger partial charge in [-0.05, 0) is 32.1 Å². The van der Waals surface area contributed by atoms with E-state index in [2.05, 4.69) is 41.1 Å². The monoisotopic (exact) mass is 249 g/mol. The fourth-order valence-corrected chi connectivity index (χ4v) is 2.87. The molecule has 1 saturated heterocycles. The third-order valence-electron chi connectivity index (χ3n) is 4.06. The SMILES string of the molecule is Cc1c(NN)ncnc1N1CC(C)CC(C)C1C. The van der Waals surface area contributed by atoms with Gasteiger partial charge in [-0.2, -0.15) is 0 Å². The molecular weight excluding hydrogens is 226 g/mol. The van der Waals surface area contributed by atoms with Crippen LogP contribution in [0, 0.1) is 18.8 Å². The zero-order valence-electron chi connectivity index (χ0n) is 11.6. The lowest BCUT2D eigenvalue weighted by Gasteiger charge is -2.42. The van der Waals surface area contributed by atoms with Crippen LogP contribution in [0.1, 0.15) is 32.8 Å². The van der Waals surface area contributed by atoms with Crippen LogP contribution in [-0.4, -0.2) is 22.6 Å². The molecule has 0 bridgehead atoms. The summed E-state index contributed by atoms with van der Waals surface area (Å²) in [5, 5.41) is 0. The molecule has 3 unspecified atom stereocenters. The summed E-state index contributed by atoms with van der Waals surface area (Å²) >= 11 is 0. The maximum absolute atomic E-state index is 5.48. The van der Waals surface area contributed by atoms with Crippen molar-refractivity contribution < 1.29 is 0 Å². The lowest BCUT2D eigenvalue weighted by molar-refractivity contribution is 0.295. The summed E-state index contributed by atoms with van der Waals surface area (Å²) in [4.78, 5) is 11.0. The first-order valence-electron chi connectivity index (χ1n) is 6.59. The van der Waals surface area contributed by atoms with E-state index >= 15 is 0 Å². The standard InChI is InChI=1S/C13H23N5/c1-8-5-9(2)11(4)18(6-8)13-10(3)12(17-14)15-7-16-13/h7-9,11H,5-6,14H2,1-4H3,(H,15,16,17). The first-order valence-corrected chi connectivity index (χ1v) is 6.59. The number of nitrogen functional groups attached to an aromatic ring is 1. The van der Waals surface area contributed by atoms with Gasteiger partial charge < -0.3 is 10.3 Å². The van der Waals surface area contributed by atoms with Crippen molar-refractivity contribution >= 4 is 11.6 Å². The number of piperidine rings is 1. The molecule has 0 saturated carbocycles. The van der Waals surface area contributed by atoms with Gasteiger partial charge >= 0.3 is 0 Å². The Kier molecular flexibility index (Phi) is 3.71. The molecule has 1 fully saturated rings. The number of hydrogen-bond donors (Lipinski definition) is 2. The second-order valence-electron chi connectivity index (χ2n) is 5.53. The molecule has 0 spiro atoms. The number of nitrogens with zero attached hydrogens (tertiary/aromatic N) is 3. The van der Waals surface area contributed by atoms with Gasteiger partial charge in [-0.15, -0.1) is 0 Å². The summed E-state index contributed by atoms with van der Waals surface area (Å²) in [7, 11) is 0. The molecule has 0 aromatic carbocycles. The van der Waals surface area contributed by atoms with Crippen molar-refractivity contribution in [1.82, 2.24) is 9.97 Å². The molecule has 3 atom stereocenters. The van der Waals surface area contributed by atoms with Crippen molar-refractivity contribution in [2.75, 3.05) is 16.9 Å². The van der Waals surface area contributed by atoms with Crippen molar-refractivity contribution in [2.24, 2.45) is 17.7 Å². The average molecular weight is 249 g/mol. The molecule has 0 radical (unpaired) electrons. The van der Waals surface area contributed by atoms with Crippen LogP contribution in [0.4, 0.5) is 11.6 Å². The molecule has 1 aromatic heterocycles. The van der Waals surface area contributed by atoms with E-state index in [4.69, 9.17) is 5.84 Å². The molecule has 0 amide bonds. The maximum Gasteiger partial charge on any atom is 0.148 e. The van der Waals surface area contributed by atoms with Crippen molar-refractivity contribution in [1.29, 1.82) is 0 Å². The van der Waals surface area contributed by atoms with Gasteiger partial charge in [-0.1, -0.05) is 13.8 Å². The largest absolute Gasteiger partial charge is 0.353 e. The Balaban J connectivity index is 2.35. The highest BCUT2D eigenvalue weighted by molar-refractivity contribution is 5.58. The van der Waals surface area contributed by atoms with Gasteiger partial charge in [0.15, 0.2) is 0 Å². The van der Waals surface area contributed by atoms with Crippen LogP contribution in [-0.2, 0) is 0 Å². The quantitative estimate of drug-likeness (QED) is 0.619. The number of hydrazine groups is 1. The lowest BCUT2D eigenvalue weighted by atomic mass is 9.86. The van der Waals surface area contributed by atoms with Crippen LogP contribution in [0.15, 0.2) is 6.33 Å². The van der Waals surface area contributed by atoms with E-state index in [0.29, 0.717) is 23.7 Å². The molecule has 3 N–H and O–H groups in total. The highest BCUT2D eigenvalue weighted by Crippen LogP contribution is 2.32. The minimum Gasteiger partial charge on any atom is -0.353 e. The molecule has 5 nitrogen and oxygen atoms in total. The summed E-state index contributed by atoms with van der Waals surface area (Å²) in [6.07, 6.45) is 2.86. The van der Waals surface area contributed by atoms with Crippen LogP contribution in [0.25, 0.3) is 0 Å². The molecule has 100 valence electrons. The predicted molar refractivity (Wildman–Crippen MR) is 74.3 cm³/mol. The molecule has 1 aliphatic heterocycles. The Hall–Kier alpha value is -1.36. The van der Waals surface area contributed by atoms with Crippen LogP contribution in [0.2, 0.25) is 0 Å². The molecule has 1 aromatic rings. The second-order valence-corrected chi connectivity index (χ2v) is 5.53. The third kappa shape index (κ3) is 2.27. The van der Waals surface area contributed by atoms with E-state index < -0.39 is 0 Å². The topological polar surface area (TPSA) is 67.1 Å². The van der Waals surface area contributed by atoms with Crippen molar-refractivity contribution in [2.45, 2.75) is 40.2 Å². The fourth-order valence-electron chi connectivity index (χ4n) is 2.87. The number of nitrogens with one attached hydrogen (secondary N) is 1. The molecule has 5 heteroatoms. The third-order valence-corrected chi connectivity index (χ3v) is 4.06. The highest BCUT2D eigenvalue weighted by atomic mass is 15.3. The minimum atomic E-state index is 0.500. The highest BCUT2D eigenvalue weighted by Gasteiger charge is 2.30. The Labute approximate surface area is 109 Å². The van der Waals surface area contributed by atoms with E-state index in [0.717, 1.165) is 17.9 Å². The van der Waals surface area contributed by atoms with Crippen molar-refractivity contribution in [3.8, 4) is 0 Å². The van der Waals surface area contributed by atoms with Gasteiger partial charge in [0.2, 0.25) is 0 Å². The average Bonchev–Trinajstić information content (AvgIpc) is 2.34. The summed E-state index contributed by atoms with van der Waals surface area (Å²) in [6, 6.07) is 0.500. The van der Waals surface area contributed by atoms with Gasteiger partial charge in [-0.25, -0.2) is 15.8 Å². The molecular formula is C13H23N5. The van der Waals surface area contributed by atoms with E-state index in [-0.39, 0.29) is 0 Å².